The van der Waals surface area contributed by atoms with Gasteiger partial charge in [-0.25, -0.2) is 0 Å². The van der Waals surface area contributed by atoms with E-state index in [1.165, 1.54) is 38.4 Å². The van der Waals surface area contributed by atoms with E-state index >= 15 is 0 Å². The van der Waals surface area contributed by atoms with Crippen molar-refractivity contribution in [3.8, 4) is 0 Å². The molecule has 2 heteroatoms. The molecule has 84 valence electrons. The minimum atomic E-state index is 0.681. The molecule has 0 aliphatic heterocycles. The summed E-state index contributed by atoms with van der Waals surface area (Å²) in [5, 5.41) is 0. The van der Waals surface area contributed by atoms with Gasteiger partial charge in [0, 0.05) is 4.83 Å². The Bertz CT molecular complexity index is 125. The van der Waals surface area contributed by atoms with Crippen LogP contribution in [0.1, 0.15) is 52.9 Å². The fourth-order valence-corrected chi connectivity index (χ4v) is 3.25. The Labute approximate surface area is 99.8 Å². The maximum atomic E-state index is 3.76. The SMILES string of the molecule is BCC(C(C)Br)[C@@H](CCC)CCCC. The van der Waals surface area contributed by atoms with Crippen LogP contribution >= 0.6 is 15.9 Å². The Morgan fingerprint density at radius 2 is 1.79 bits per heavy atom. The number of halogens is 1. The first-order valence-corrected chi connectivity index (χ1v) is 7.22. The van der Waals surface area contributed by atoms with Crippen molar-refractivity contribution < 1.29 is 0 Å². The monoisotopic (exact) mass is 260 g/mol. The molecule has 0 amide bonds. The first-order chi connectivity index (χ1) is 6.67. The Kier molecular flexibility index (Phi) is 9.16. The highest BCUT2D eigenvalue weighted by Crippen LogP contribution is 2.31. The smallest absolute Gasteiger partial charge is 0.0891 e. The van der Waals surface area contributed by atoms with Crippen LogP contribution < -0.4 is 0 Å². The van der Waals surface area contributed by atoms with E-state index in [0.29, 0.717) is 4.83 Å². The van der Waals surface area contributed by atoms with Crippen molar-refractivity contribution in [2.75, 3.05) is 0 Å². The Balaban J connectivity index is 4.12. The minimum Gasteiger partial charge on any atom is -0.0891 e. The molecule has 0 aliphatic carbocycles. The van der Waals surface area contributed by atoms with Crippen molar-refractivity contribution in [2.45, 2.75) is 64.0 Å². The highest BCUT2D eigenvalue weighted by atomic mass is 79.9. The molecule has 0 nitrogen and oxygen atoms in total. The second-order valence-corrected chi connectivity index (χ2v) is 5.88. The van der Waals surface area contributed by atoms with Crippen LogP contribution in [0.4, 0.5) is 0 Å². The number of hydrogen-bond acceptors (Lipinski definition) is 0. The summed E-state index contributed by atoms with van der Waals surface area (Å²) in [6, 6.07) is 0. The number of rotatable bonds is 8. The standard InChI is InChI=1S/C12H26BBr/c1-4-6-8-11(7-5-2)12(9-13)10(3)14/h10-12H,4-9,13H2,1-3H3/t10?,11-,12?/m0/s1. The Morgan fingerprint density at radius 3 is 2.14 bits per heavy atom. The number of hydrogen-bond donors (Lipinski definition) is 0. The molecule has 0 radical (unpaired) electrons. The van der Waals surface area contributed by atoms with Crippen molar-refractivity contribution in [1.29, 1.82) is 0 Å². The molecule has 0 saturated heterocycles. The summed E-state index contributed by atoms with van der Waals surface area (Å²) in [4.78, 5) is 0.681. The Morgan fingerprint density at radius 1 is 1.14 bits per heavy atom. The highest BCUT2D eigenvalue weighted by molar-refractivity contribution is 9.09. The molecule has 0 bridgehead atoms. The summed E-state index contributed by atoms with van der Waals surface area (Å²) in [7, 11) is 2.33. The summed E-state index contributed by atoms with van der Waals surface area (Å²) in [6.07, 6.45) is 8.24. The number of alkyl halides is 1. The van der Waals surface area contributed by atoms with E-state index < -0.39 is 0 Å². The van der Waals surface area contributed by atoms with Gasteiger partial charge in [-0.2, -0.15) is 0 Å². The quantitative estimate of drug-likeness (QED) is 0.457. The first kappa shape index (κ1) is 14.5. The zero-order valence-corrected chi connectivity index (χ0v) is 11.9. The third-order valence-electron chi connectivity index (χ3n) is 3.25. The van der Waals surface area contributed by atoms with E-state index in [9.17, 15) is 0 Å². The second-order valence-electron chi connectivity index (χ2n) is 4.44. The molecule has 14 heavy (non-hydrogen) atoms. The van der Waals surface area contributed by atoms with E-state index in [2.05, 4.69) is 44.5 Å². The van der Waals surface area contributed by atoms with Crippen molar-refractivity contribution in [1.82, 2.24) is 0 Å². The van der Waals surface area contributed by atoms with Gasteiger partial charge in [-0.3, -0.25) is 0 Å². The van der Waals surface area contributed by atoms with Crippen LogP contribution in [0.15, 0.2) is 0 Å². The lowest BCUT2D eigenvalue weighted by atomic mass is 9.76. The van der Waals surface area contributed by atoms with Gasteiger partial charge < -0.3 is 0 Å². The molecule has 0 fully saturated rings. The molecular formula is C12H26BBr. The normalized spacial score (nSPS) is 17.7. The molecule has 0 N–H and O–H groups in total. The van der Waals surface area contributed by atoms with E-state index in [1.54, 1.807) is 0 Å². The van der Waals surface area contributed by atoms with Crippen LogP contribution in [0.5, 0.6) is 0 Å². The van der Waals surface area contributed by atoms with Crippen LogP contribution in [-0.4, -0.2) is 12.7 Å². The van der Waals surface area contributed by atoms with Crippen LogP contribution in [0.3, 0.4) is 0 Å². The van der Waals surface area contributed by atoms with Crippen LogP contribution in [0.2, 0.25) is 6.32 Å². The lowest BCUT2D eigenvalue weighted by Gasteiger charge is -2.28. The van der Waals surface area contributed by atoms with Crippen molar-refractivity contribution in [3.63, 3.8) is 0 Å². The zero-order chi connectivity index (χ0) is 11.0. The van der Waals surface area contributed by atoms with E-state index in [4.69, 9.17) is 0 Å². The first-order valence-electron chi connectivity index (χ1n) is 6.31. The predicted octanol–water partition coefficient (Wildman–Crippen LogP) is 4.04. The number of unbranched alkanes of at least 4 members (excludes halogenated alkanes) is 1. The van der Waals surface area contributed by atoms with Gasteiger partial charge in [0.15, 0.2) is 0 Å². The van der Waals surface area contributed by atoms with Crippen molar-refractivity contribution in [3.05, 3.63) is 0 Å². The van der Waals surface area contributed by atoms with Gasteiger partial charge in [-0.1, -0.05) is 75.1 Å². The molecule has 0 spiro atoms. The van der Waals surface area contributed by atoms with E-state index in [0.717, 1.165) is 11.8 Å². The molecule has 0 aliphatic rings. The molecule has 0 saturated carbocycles. The van der Waals surface area contributed by atoms with Crippen LogP contribution in [0.25, 0.3) is 0 Å². The molecular weight excluding hydrogens is 235 g/mol. The molecule has 0 aromatic rings. The summed E-state index contributed by atoms with van der Waals surface area (Å²) in [5.74, 6) is 1.82. The topological polar surface area (TPSA) is 0 Å². The fourth-order valence-electron chi connectivity index (χ4n) is 2.44. The van der Waals surface area contributed by atoms with Gasteiger partial charge in [-0.05, 0) is 11.8 Å². The zero-order valence-electron chi connectivity index (χ0n) is 10.4. The molecule has 0 rings (SSSR count). The highest BCUT2D eigenvalue weighted by Gasteiger charge is 2.22. The van der Waals surface area contributed by atoms with Crippen LogP contribution in [-0.2, 0) is 0 Å². The predicted molar refractivity (Wildman–Crippen MR) is 73.2 cm³/mol. The average Bonchev–Trinajstić information content (AvgIpc) is 2.14. The summed E-state index contributed by atoms with van der Waals surface area (Å²) in [5.41, 5.74) is 0. The molecule has 2 unspecified atom stereocenters. The van der Waals surface area contributed by atoms with Gasteiger partial charge in [0.2, 0.25) is 0 Å². The van der Waals surface area contributed by atoms with Gasteiger partial charge in [-0.15, -0.1) is 0 Å². The molecule has 0 aromatic heterocycles. The third-order valence-corrected chi connectivity index (χ3v) is 3.93. The minimum absolute atomic E-state index is 0.681. The van der Waals surface area contributed by atoms with Gasteiger partial charge in [0.05, 0.1) is 0 Å². The maximum Gasteiger partial charge on any atom is 0.101 e. The van der Waals surface area contributed by atoms with Gasteiger partial charge >= 0.3 is 0 Å². The van der Waals surface area contributed by atoms with Gasteiger partial charge in [0.25, 0.3) is 0 Å². The second kappa shape index (κ2) is 8.82. The van der Waals surface area contributed by atoms with Gasteiger partial charge in [0.1, 0.15) is 7.85 Å². The molecule has 0 aromatic carbocycles. The van der Waals surface area contributed by atoms with Crippen molar-refractivity contribution >= 4 is 23.8 Å². The maximum absolute atomic E-state index is 3.76. The average molecular weight is 261 g/mol. The van der Waals surface area contributed by atoms with Crippen molar-refractivity contribution in [2.24, 2.45) is 11.8 Å². The fraction of sp³-hybridized carbons (Fsp3) is 1.00. The van der Waals surface area contributed by atoms with E-state index in [1.807, 2.05) is 0 Å². The lowest BCUT2D eigenvalue weighted by molar-refractivity contribution is 0.306. The summed E-state index contributed by atoms with van der Waals surface area (Å²) < 4.78 is 0. The largest absolute Gasteiger partial charge is 0.101 e. The summed E-state index contributed by atoms with van der Waals surface area (Å²) in [6.45, 7) is 6.91. The summed E-state index contributed by atoms with van der Waals surface area (Å²) >= 11 is 3.76. The lowest BCUT2D eigenvalue weighted by Crippen LogP contribution is -2.21. The van der Waals surface area contributed by atoms with Crippen LogP contribution in [0, 0.1) is 11.8 Å². The third kappa shape index (κ3) is 5.43. The van der Waals surface area contributed by atoms with E-state index in [-0.39, 0.29) is 0 Å². The molecule has 0 heterocycles. The Hall–Kier alpha value is 0.545. The molecule has 3 atom stereocenters.